The van der Waals surface area contributed by atoms with E-state index in [1.807, 2.05) is 13.8 Å². The fraction of sp³-hybridized carbons (Fsp3) is 0.923. The molecule has 17 heavy (non-hydrogen) atoms. The van der Waals surface area contributed by atoms with Crippen molar-refractivity contribution in [3.63, 3.8) is 0 Å². The van der Waals surface area contributed by atoms with Crippen LogP contribution in [0.5, 0.6) is 0 Å². The molecule has 0 bridgehead atoms. The number of hydrogen-bond acceptors (Lipinski definition) is 3. The Morgan fingerprint density at radius 1 is 1.24 bits per heavy atom. The standard InChI is InChI=1S/C7H16O.C4H9NO2.C2H6/c1-5-6-7(2,3)8-4;1-5(3-6)4-7-2;1-2/h5-6H2,1-4H3;3H,4H2,1-2H3;1-2H3. The van der Waals surface area contributed by atoms with Gasteiger partial charge < -0.3 is 14.4 Å². The van der Waals surface area contributed by atoms with Gasteiger partial charge in [-0.05, 0) is 20.3 Å². The first-order chi connectivity index (χ1) is 7.93. The molecule has 106 valence electrons. The molecule has 0 radical (unpaired) electrons. The maximum absolute atomic E-state index is 9.74. The van der Waals surface area contributed by atoms with Crippen LogP contribution in [0.15, 0.2) is 0 Å². The quantitative estimate of drug-likeness (QED) is 0.536. The van der Waals surface area contributed by atoms with Gasteiger partial charge in [0.15, 0.2) is 0 Å². The second-order valence-electron chi connectivity index (χ2n) is 3.99. The Kier molecular flexibility index (Phi) is 19.6. The molecule has 4 heteroatoms. The average Bonchev–Trinajstić information content (AvgIpc) is 2.33. The van der Waals surface area contributed by atoms with Crippen LogP contribution in [0, 0.1) is 0 Å². The van der Waals surface area contributed by atoms with Crippen LogP contribution in [0.3, 0.4) is 0 Å². The molecule has 0 atom stereocenters. The molecule has 0 saturated carbocycles. The second-order valence-corrected chi connectivity index (χ2v) is 3.99. The molecule has 0 aromatic heterocycles. The van der Waals surface area contributed by atoms with Gasteiger partial charge in [-0.2, -0.15) is 0 Å². The Labute approximate surface area is 107 Å². The van der Waals surface area contributed by atoms with Crippen LogP contribution in [0.25, 0.3) is 0 Å². The number of nitrogens with zero attached hydrogens (tertiary/aromatic N) is 1. The molecule has 0 heterocycles. The molecular formula is C13H31NO3. The zero-order valence-electron chi connectivity index (χ0n) is 12.9. The molecule has 0 N–H and O–H groups in total. The predicted octanol–water partition coefficient (Wildman–Crippen LogP) is 2.92. The molecule has 0 aliphatic carbocycles. The van der Waals surface area contributed by atoms with Gasteiger partial charge in [-0.25, -0.2) is 0 Å². The van der Waals surface area contributed by atoms with Gasteiger partial charge in [-0.15, -0.1) is 0 Å². The summed E-state index contributed by atoms with van der Waals surface area (Å²) in [5, 5.41) is 0. The van der Waals surface area contributed by atoms with E-state index in [1.54, 1.807) is 21.3 Å². The Morgan fingerprint density at radius 3 is 1.82 bits per heavy atom. The van der Waals surface area contributed by atoms with Crippen molar-refractivity contribution in [3.8, 4) is 0 Å². The van der Waals surface area contributed by atoms with E-state index >= 15 is 0 Å². The summed E-state index contributed by atoms with van der Waals surface area (Å²) in [4.78, 5) is 11.1. The molecule has 0 aromatic rings. The lowest BCUT2D eigenvalue weighted by Crippen LogP contribution is -2.21. The van der Waals surface area contributed by atoms with Gasteiger partial charge in [-0.1, -0.05) is 27.2 Å². The fourth-order valence-electron chi connectivity index (χ4n) is 0.938. The third kappa shape index (κ3) is 21.3. The molecule has 0 rings (SSSR count). The van der Waals surface area contributed by atoms with Crippen LogP contribution in [0.2, 0.25) is 0 Å². The first-order valence-electron chi connectivity index (χ1n) is 6.13. The smallest absolute Gasteiger partial charge is 0.211 e. The van der Waals surface area contributed by atoms with E-state index < -0.39 is 0 Å². The number of ether oxygens (including phenoxy) is 2. The molecule has 0 saturated heterocycles. The van der Waals surface area contributed by atoms with Crippen molar-refractivity contribution in [2.45, 2.75) is 53.1 Å². The number of methoxy groups -OCH3 is 2. The molecule has 0 fully saturated rings. The van der Waals surface area contributed by atoms with Gasteiger partial charge in [0.1, 0.15) is 6.73 Å². The molecule has 4 nitrogen and oxygen atoms in total. The maximum Gasteiger partial charge on any atom is 0.211 e. The minimum atomic E-state index is 0.0920. The zero-order valence-corrected chi connectivity index (χ0v) is 12.9. The van der Waals surface area contributed by atoms with Crippen LogP contribution in [-0.2, 0) is 14.3 Å². The molecule has 0 spiro atoms. The number of carbonyl (C=O) groups excluding carboxylic acids is 1. The van der Waals surface area contributed by atoms with Crippen molar-refractivity contribution in [3.05, 3.63) is 0 Å². The highest BCUT2D eigenvalue weighted by Crippen LogP contribution is 2.13. The molecule has 0 unspecified atom stereocenters. The van der Waals surface area contributed by atoms with E-state index in [0.29, 0.717) is 13.1 Å². The highest BCUT2D eigenvalue weighted by molar-refractivity contribution is 5.45. The van der Waals surface area contributed by atoms with Crippen molar-refractivity contribution >= 4 is 6.41 Å². The van der Waals surface area contributed by atoms with Crippen molar-refractivity contribution in [1.82, 2.24) is 4.90 Å². The number of hydrogen-bond donors (Lipinski definition) is 0. The number of rotatable bonds is 6. The first kappa shape index (κ1) is 21.7. The highest BCUT2D eigenvalue weighted by atomic mass is 16.5. The summed E-state index contributed by atoms with van der Waals surface area (Å²) in [6.45, 7) is 10.7. The Balaban J connectivity index is -0.000000202. The lowest BCUT2D eigenvalue weighted by Gasteiger charge is -2.21. The molecule has 1 amide bonds. The van der Waals surface area contributed by atoms with E-state index in [1.165, 1.54) is 11.3 Å². The zero-order chi connectivity index (χ0) is 14.3. The lowest BCUT2D eigenvalue weighted by molar-refractivity contribution is -0.120. The Bertz CT molecular complexity index is 150. The van der Waals surface area contributed by atoms with Gasteiger partial charge in [0.2, 0.25) is 6.41 Å². The Hall–Kier alpha value is -0.610. The number of carbonyl (C=O) groups is 1. The summed E-state index contributed by atoms with van der Waals surface area (Å²) >= 11 is 0. The second kappa shape index (κ2) is 15.4. The minimum Gasteiger partial charge on any atom is -0.379 e. The highest BCUT2D eigenvalue weighted by Gasteiger charge is 2.13. The summed E-state index contributed by atoms with van der Waals surface area (Å²) in [6.07, 6.45) is 3.05. The van der Waals surface area contributed by atoms with Crippen LogP contribution in [0.4, 0.5) is 0 Å². The van der Waals surface area contributed by atoms with Crippen molar-refractivity contribution in [2.75, 3.05) is 28.0 Å². The van der Waals surface area contributed by atoms with E-state index in [9.17, 15) is 4.79 Å². The topological polar surface area (TPSA) is 38.8 Å². The van der Waals surface area contributed by atoms with Crippen LogP contribution in [-0.4, -0.2) is 44.9 Å². The third-order valence-electron chi connectivity index (χ3n) is 1.92. The Morgan fingerprint density at radius 2 is 1.71 bits per heavy atom. The SMILES string of the molecule is CC.CCCC(C)(C)OC.COCN(C)C=O. The van der Waals surface area contributed by atoms with Gasteiger partial charge in [0, 0.05) is 21.3 Å². The van der Waals surface area contributed by atoms with Gasteiger partial charge in [0.25, 0.3) is 0 Å². The summed E-state index contributed by atoms with van der Waals surface area (Å²) in [7, 11) is 4.95. The van der Waals surface area contributed by atoms with Crippen molar-refractivity contribution < 1.29 is 14.3 Å². The molecule has 0 aliphatic heterocycles. The predicted molar refractivity (Wildman–Crippen MR) is 73.0 cm³/mol. The van der Waals surface area contributed by atoms with E-state index in [-0.39, 0.29) is 5.60 Å². The minimum absolute atomic E-state index is 0.0920. The van der Waals surface area contributed by atoms with Crippen molar-refractivity contribution in [1.29, 1.82) is 0 Å². The van der Waals surface area contributed by atoms with Crippen LogP contribution in [0.1, 0.15) is 47.5 Å². The van der Waals surface area contributed by atoms with E-state index in [4.69, 9.17) is 4.74 Å². The first-order valence-corrected chi connectivity index (χ1v) is 6.13. The van der Waals surface area contributed by atoms with E-state index in [0.717, 1.165) is 6.42 Å². The lowest BCUT2D eigenvalue weighted by atomic mass is 10.0. The third-order valence-corrected chi connectivity index (χ3v) is 1.92. The van der Waals surface area contributed by atoms with Crippen LogP contribution < -0.4 is 0 Å². The maximum atomic E-state index is 9.74. The van der Waals surface area contributed by atoms with Gasteiger partial charge in [-0.3, -0.25) is 4.79 Å². The van der Waals surface area contributed by atoms with Gasteiger partial charge in [0.05, 0.1) is 5.60 Å². The normalized spacial score (nSPS) is 9.41. The fourth-order valence-corrected chi connectivity index (χ4v) is 0.938. The number of amides is 1. The molecule has 0 aromatic carbocycles. The summed E-state index contributed by atoms with van der Waals surface area (Å²) in [5.41, 5.74) is 0.0920. The molecular weight excluding hydrogens is 218 g/mol. The average molecular weight is 249 g/mol. The monoisotopic (exact) mass is 249 g/mol. The largest absolute Gasteiger partial charge is 0.379 e. The summed E-state index contributed by atoms with van der Waals surface area (Å²) < 4.78 is 9.77. The van der Waals surface area contributed by atoms with Crippen molar-refractivity contribution in [2.24, 2.45) is 0 Å². The van der Waals surface area contributed by atoms with Crippen LogP contribution >= 0.6 is 0 Å². The van der Waals surface area contributed by atoms with E-state index in [2.05, 4.69) is 25.5 Å². The summed E-state index contributed by atoms with van der Waals surface area (Å²) in [6, 6.07) is 0. The van der Waals surface area contributed by atoms with Gasteiger partial charge >= 0.3 is 0 Å². The summed E-state index contributed by atoms with van der Waals surface area (Å²) in [5.74, 6) is 0. The molecule has 0 aliphatic rings.